The van der Waals surface area contributed by atoms with Crippen LogP contribution in [0.15, 0.2) is 4.99 Å². The van der Waals surface area contributed by atoms with Crippen LogP contribution in [0.5, 0.6) is 0 Å². The van der Waals surface area contributed by atoms with E-state index in [-0.39, 0.29) is 5.41 Å². The van der Waals surface area contributed by atoms with Gasteiger partial charge in [-0.1, -0.05) is 26.7 Å². The van der Waals surface area contributed by atoms with Crippen LogP contribution >= 0.6 is 0 Å². The fourth-order valence-electron chi connectivity index (χ4n) is 4.22. The molecule has 0 spiro atoms. The van der Waals surface area contributed by atoms with Gasteiger partial charge in [0.2, 0.25) is 0 Å². The number of likely N-dealkylation sites (tertiary alicyclic amines) is 1. The van der Waals surface area contributed by atoms with Crippen molar-refractivity contribution in [3.63, 3.8) is 0 Å². The molecule has 24 heavy (non-hydrogen) atoms. The van der Waals surface area contributed by atoms with Crippen LogP contribution in [-0.2, 0) is 0 Å². The Morgan fingerprint density at radius 3 is 2.54 bits per heavy atom. The first kappa shape index (κ1) is 19.5. The molecule has 1 aliphatic heterocycles. The molecule has 5 nitrogen and oxygen atoms in total. The summed E-state index contributed by atoms with van der Waals surface area (Å²) in [6.45, 7) is 12.0. The highest BCUT2D eigenvalue weighted by atomic mass is 15.3. The topological polar surface area (TPSA) is 42.9 Å². The van der Waals surface area contributed by atoms with Gasteiger partial charge >= 0.3 is 0 Å². The van der Waals surface area contributed by atoms with Crippen LogP contribution in [0, 0.1) is 5.41 Å². The van der Waals surface area contributed by atoms with Crippen molar-refractivity contribution < 1.29 is 0 Å². The lowest BCUT2D eigenvalue weighted by Gasteiger charge is -2.27. The molecule has 0 bridgehead atoms. The molecule has 140 valence electrons. The molecule has 5 heteroatoms. The van der Waals surface area contributed by atoms with Crippen molar-refractivity contribution in [3.8, 4) is 0 Å². The van der Waals surface area contributed by atoms with E-state index >= 15 is 0 Å². The Morgan fingerprint density at radius 1 is 1.21 bits per heavy atom. The van der Waals surface area contributed by atoms with Crippen molar-refractivity contribution in [1.82, 2.24) is 20.4 Å². The van der Waals surface area contributed by atoms with E-state index in [0.29, 0.717) is 6.04 Å². The van der Waals surface area contributed by atoms with Gasteiger partial charge in [0.15, 0.2) is 5.96 Å². The average molecular weight is 338 g/mol. The molecule has 0 aromatic rings. The molecule has 2 rings (SSSR count). The molecule has 1 saturated carbocycles. The molecule has 2 aliphatic rings. The third kappa shape index (κ3) is 6.25. The Hall–Kier alpha value is -0.810. The molecule has 0 amide bonds. The molecule has 1 unspecified atom stereocenters. The second kappa shape index (κ2) is 9.04. The zero-order valence-electron chi connectivity index (χ0n) is 16.6. The first-order valence-corrected chi connectivity index (χ1v) is 9.83. The Bertz CT molecular complexity index is 399. The summed E-state index contributed by atoms with van der Waals surface area (Å²) in [5.74, 6) is 0.989. The number of hydrogen-bond acceptors (Lipinski definition) is 3. The van der Waals surface area contributed by atoms with E-state index in [9.17, 15) is 0 Å². The van der Waals surface area contributed by atoms with Crippen LogP contribution in [0.2, 0.25) is 0 Å². The predicted octanol–water partition coefficient (Wildman–Crippen LogP) is 2.15. The number of aliphatic imine (C=N–C) groups is 1. The SMILES string of the molecule is CCNC(=NCC(C)(C)CN(C)C)NC1CCN(C2CCCC2)C1. The first-order valence-electron chi connectivity index (χ1n) is 9.83. The molecular weight excluding hydrogens is 298 g/mol. The van der Waals surface area contributed by atoms with Crippen LogP contribution in [-0.4, -0.2) is 74.7 Å². The Labute approximate surface area is 149 Å². The third-order valence-corrected chi connectivity index (χ3v) is 5.16. The van der Waals surface area contributed by atoms with Crippen molar-refractivity contribution in [3.05, 3.63) is 0 Å². The zero-order valence-corrected chi connectivity index (χ0v) is 16.6. The molecule has 1 aliphatic carbocycles. The lowest BCUT2D eigenvalue weighted by Crippen LogP contribution is -2.46. The fraction of sp³-hybridized carbons (Fsp3) is 0.947. The molecule has 0 aromatic heterocycles. The van der Waals surface area contributed by atoms with Gasteiger partial charge in [-0.05, 0) is 45.7 Å². The second-order valence-corrected chi connectivity index (χ2v) is 8.66. The maximum Gasteiger partial charge on any atom is 0.191 e. The van der Waals surface area contributed by atoms with Crippen molar-refractivity contribution >= 4 is 5.96 Å². The second-order valence-electron chi connectivity index (χ2n) is 8.66. The van der Waals surface area contributed by atoms with Gasteiger partial charge in [0.05, 0.1) is 0 Å². The zero-order chi connectivity index (χ0) is 17.6. The fourth-order valence-corrected chi connectivity index (χ4v) is 4.22. The van der Waals surface area contributed by atoms with Crippen LogP contribution in [0.1, 0.15) is 52.9 Å². The quantitative estimate of drug-likeness (QED) is 0.552. The summed E-state index contributed by atoms with van der Waals surface area (Å²) in [7, 11) is 4.26. The van der Waals surface area contributed by atoms with Crippen molar-refractivity contribution in [2.45, 2.75) is 65.0 Å². The van der Waals surface area contributed by atoms with E-state index < -0.39 is 0 Å². The monoisotopic (exact) mass is 337 g/mol. The van der Waals surface area contributed by atoms with Crippen LogP contribution in [0.3, 0.4) is 0 Å². The molecule has 2 N–H and O–H groups in total. The van der Waals surface area contributed by atoms with E-state index in [2.05, 4.69) is 55.3 Å². The van der Waals surface area contributed by atoms with Gasteiger partial charge in [-0.2, -0.15) is 0 Å². The van der Waals surface area contributed by atoms with Gasteiger partial charge < -0.3 is 15.5 Å². The van der Waals surface area contributed by atoms with Gasteiger partial charge in [-0.15, -0.1) is 0 Å². The molecule has 1 heterocycles. The Kier molecular flexibility index (Phi) is 7.35. The first-order chi connectivity index (χ1) is 11.4. The number of guanidine groups is 1. The number of nitrogens with one attached hydrogen (secondary N) is 2. The summed E-state index contributed by atoms with van der Waals surface area (Å²) in [5.41, 5.74) is 0.192. The molecule has 1 saturated heterocycles. The van der Waals surface area contributed by atoms with Crippen LogP contribution < -0.4 is 10.6 Å². The van der Waals surface area contributed by atoms with E-state index in [1.807, 2.05) is 0 Å². The maximum absolute atomic E-state index is 4.87. The Morgan fingerprint density at radius 2 is 1.92 bits per heavy atom. The molecule has 0 aromatic carbocycles. The largest absolute Gasteiger partial charge is 0.357 e. The highest BCUT2D eigenvalue weighted by molar-refractivity contribution is 5.80. The minimum absolute atomic E-state index is 0.192. The molecule has 0 radical (unpaired) electrons. The molecule has 2 fully saturated rings. The standard InChI is InChI=1S/C19H39N5/c1-6-20-18(21-14-19(2,3)15-23(4)5)22-16-11-12-24(13-16)17-9-7-8-10-17/h16-17H,6-15H2,1-5H3,(H2,20,21,22). The molecular formula is C19H39N5. The highest BCUT2D eigenvalue weighted by Gasteiger charge is 2.30. The van der Waals surface area contributed by atoms with Crippen LogP contribution in [0.25, 0.3) is 0 Å². The van der Waals surface area contributed by atoms with Crippen molar-refractivity contribution in [2.24, 2.45) is 10.4 Å². The summed E-state index contributed by atoms with van der Waals surface area (Å²) < 4.78 is 0. The minimum atomic E-state index is 0.192. The van der Waals surface area contributed by atoms with Crippen molar-refractivity contribution in [1.29, 1.82) is 0 Å². The maximum atomic E-state index is 4.87. The summed E-state index contributed by atoms with van der Waals surface area (Å²) >= 11 is 0. The van der Waals surface area contributed by atoms with Gasteiger partial charge in [0.1, 0.15) is 0 Å². The average Bonchev–Trinajstić information content (AvgIpc) is 3.14. The van der Waals surface area contributed by atoms with Gasteiger partial charge in [0, 0.05) is 44.8 Å². The summed E-state index contributed by atoms with van der Waals surface area (Å²) in [6, 6.07) is 1.38. The van der Waals surface area contributed by atoms with E-state index in [1.165, 1.54) is 45.2 Å². The smallest absolute Gasteiger partial charge is 0.191 e. The normalized spacial score (nSPS) is 24.1. The Balaban J connectivity index is 1.85. The number of rotatable bonds is 7. The van der Waals surface area contributed by atoms with Gasteiger partial charge in [0.25, 0.3) is 0 Å². The van der Waals surface area contributed by atoms with Gasteiger partial charge in [-0.3, -0.25) is 9.89 Å². The summed E-state index contributed by atoms with van der Waals surface area (Å²) in [4.78, 5) is 9.81. The van der Waals surface area contributed by atoms with Crippen LogP contribution in [0.4, 0.5) is 0 Å². The highest BCUT2D eigenvalue weighted by Crippen LogP contribution is 2.26. The lowest BCUT2D eigenvalue weighted by molar-refractivity contribution is 0.241. The van der Waals surface area contributed by atoms with E-state index in [0.717, 1.165) is 31.6 Å². The summed E-state index contributed by atoms with van der Waals surface area (Å²) in [6.07, 6.45) is 6.88. The van der Waals surface area contributed by atoms with E-state index in [4.69, 9.17) is 4.99 Å². The third-order valence-electron chi connectivity index (χ3n) is 5.16. The predicted molar refractivity (Wildman–Crippen MR) is 104 cm³/mol. The summed E-state index contributed by atoms with van der Waals surface area (Å²) in [5, 5.41) is 7.11. The number of nitrogens with zero attached hydrogens (tertiary/aromatic N) is 3. The van der Waals surface area contributed by atoms with Gasteiger partial charge in [-0.25, -0.2) is 0 Å². The molecule has 1 atom stereocenters. The lowest BCUT2D eigenvalue weighted by atomic mass is 9.93. The number of hydrogen-bond donors (Lipinski definition) is 2. The minimum Gasteiger partial charge on any atom is -0.357 e. The van der Waals surface area contributed by atoms with Crippen molar-refractivity contribution in [2.75, 3.05) is 46.8 Å². The van der Waals surface area contributed by atoms with E-state index in [1.54, 1.807) is 0 Å².